The van der Waals surface area contributed by atoms with Crippen LogP contribution in [0.3, 0.4) is 0 Å². The maximum atomic E-state index is 13.8. The fourth-order valence-electron chi connectivity index (χ4n) is 9.22. The number of anilines is 1. The number of rotatable bonds is 30. The Labute approximate surface area is 476 Å². The number of fused-ring (bicyclic) bond motifs is 1. The van der Waals surface area contributed by atoms with Crippen LogP contribution in [-0.2, 0) is 38.2 Å². The van der Waals surface area contributed by atoms with Crippen LogP contribution in [0.5, 0.6) is 34.5 Å². The quantitative estimate of drug-likeness (QED) is 0.00797. The summed E-state index contributed by atoms with van der Waals surface area (Å²) in [5.74, 6) is 0.894. The normalized spacial score (nSPS) is 16.7. The monoisotopic (exact) mass is 1120 g/mol. The minimum atomic E-state index is -0.488. The Bertz CT molecular complexity index is 2950. The first-order chi connectivity index (χ1) is 39.5. The Kier molecular flexibility index (Phi) is 23.9. The summed E-state index contributed by atoms with van der Waals surface area (Å²) in [4.78, 5) is 80.9. The smallest absolute Gasteiger partial charge is 0.330 e. The van der Waals surface area contributed by atoms with Crippen molar-refractivity contribution in [2.24, 2.45) is 28.8 Å². The summed E-state index contributed by atoms with van der Waals surface area (Å²) < 4.78 is 46.0. The van der Waals surface area contributed by atoms with Gasteiger partial charge in [-0.2, -0.15) is 5.10 Å². The van der Waals surface area contributed by atoms with E-state index in [-0.39, 0.29) is 35.9 Å². The van der Waals surface area contributed by atoms with E-state index in [1.807, 2.05) is 24.3 Å². The fraction of sp³-hybridized carbons (Fsp3) is 0.397. The third kappa shape index (κ3) is 19.5. The number of para-hydroxylation sites is 1. The fourth-order valence-corrected chi connectivity index (χ4v) is 10.1. The highest BCUT2D eigenvalue weighted by molar-refractivity contribution is 7.22. The Balaban J connectivity index is 0.888. The molecular formula is C63H69N3O14S. The molecule has 2 aliphatic carbocycles. The molecule has 0 bridgehead atoms. The molecule has 0 spiro atoms. The van der Waals surface area contributed by atoms with Crippen molar-refractivity contribution in [3.05, 3.63) is 122 Å². The van der Waals surface area contributed by atoms with E-state index in [2.05, 4.69) is 24.2 Å². The number of hydrogen-bond donors (Lipinski definition) is 0. The van der Waals surface area contributed by atoms with Crippen LogP contribution in [0.1, 0.15) is 108 Å². The van der Waals surface area contributed by atoms with Crippen LogP contribution < -0.4 is 33.4 Å². The number of benzene rings is 4. The maximum Gasteiger partial charge on any atom is 0.330 e. The molecule has 0 N–H and O–H groups in total. The zero-order valence-electron chi connectivity index (χ0n) is 45.5. The van der Waals surface area contributed by atoms with Crippen molar-refractivity contribution < 1.29 is 66.7 Å². The molecule has 2 fully saturated rings. The number of carbonyl (C=O) groups is 6. The van der Waals surface area contributed by atoms with Gasteiger partial charge in [0.05, 0.1) is 66.5 Å². The number of nitrogens with zero attached hydrogens (tertiary/aromatic N) is 3. The first kappa shape index (κ1) is 60.3. The number of hydrogen-bond acceptors (Lipinski definition) is 18. The van der Waals surface area contributed by atoms with Crippen LogP contribution in [0, 0.1) is 36.0 Å². The number of ether oxygens (including phenoxy) is 8. The Hall–Kier alpha value is -8.30. The SMILES string of the molecule is C#CCN(N=Cc1cc(OC(=O)C2CCC(C(=O)Oc3ccc(OCCCCCCOC(=O)C=C)cc3)CC2)ccc1OC(=O)C1CCC(C(=O)Oc2ccc(OCCCCCCOC(=O)C=C)cc2)CC1)c1nc2ccccc2s1. The number of hydrazone groups is 1. The molecule has 0 radical (unpaired) electrons. The maximum absolute atomic E-state index is 13.8. The number of thiazole rings is 1. The van der Waals surface area contributed by atoms with Crippen molar-refractivity contribution in [2.75, 3.05) is 38.0 Å². The first-order valence-electron chi connectivity index (χ1n) is 27.6. The standard InChI is InChI=1S/C63H69N3O14S/c1-4-37-66(63-65-54-17-11-12-18-56(54)81-63)64-43-48-42-53(79-61(71)46-21-19-44(20-22-46)59(69)77-51-31-27-49(28-32-51)73-38-13-7-9-15-40-75-57(67)5-2)35-36-55(48)80-62(72)47-25-23-45(24-26-47)60(70)78-52-33-29-50(30-34-52)74-39-14-8-10-16-41-76-58(68)6-3/h1,5-6,11-12,17-18,27-36,42-47H,2-3,7-10,13-16,19-26,37-41H2. The second-order valence-electron chi connectivity index (χ2n) is 19.7. The van der Waals surface area contributed by atoms with Gasteiger partial charge < -0.3 is 37.9 Å². The third-order valence-corrected chi connectivity index (χ3v) is 14.8. The lowest BCUT2D eigenvalue weighted by atomic mass is 9.82. The predicted molar refractivity (Wildman–Crippen MR) is 306 cm³/mol. The molecule has 7 rings (SSSR count). The molecule has 0 aliphatic heterocycles. The van der Waals surface area contributed by atoms with Crippen molar-refractivity contribution in [1.29, 1.82) is 0 Å². The summed E-state index contributed by atoms with van der Waals surface area (Å²) >= 11 is 1.42. The Morgan fingerprint density at radius 1 is 0.556 bits per heavy atom. The molecular weight excluding hydrogens is 1050 g/mol. The molecule has 0 amide bonds. The van der Waals surface area contributed by atoms with Crippen LogP contribution in [0.25, 0.3) is 10.2 Å². The zero-order chi connectivity index (χ0) is 57.2. The van der Waals surface area contributed by atoms with Crippen LogP contribution in [0.2, 0.25) is 0 Å². The van der Waals surface area contributed by atoms with Gasteiger partial charge in [-0.3, -0.25) is 19.2 Å². The summed E-state index contributed by atoms with van der Waals surface area (Å²) in [5.41, 5.74) is 1.13. The first-order valence-corrected chi connectivity index (χ1v) is 28.5. The molecule has 17 nitrogen and oxygen atoms in total. The molecule has 0 unspecified atom stereocenters. The van der Waals surface area contributed by atoms with Gasteiger partial charge in [-0.1, -0.05) is 42.5 Å². The lowest BCUT2D eigenvalue weighted by Crippen LogP contribution is -2.30. The molecule has 2 aliphatic rings. The van der Waals surface area contributed by atoms with Gasteiger partial charge in [-0.25, -0.2) is 19.6 Å². The van der Waals surface area contributed by atoms with Crippen molar-refractivity contribution in [2.45, 2.75) is 103 Å². The van der Waals surface area contributed by atoms with E-state index in [4.69, 9.17) is 49.3 Å². The van der Waals surface area contributed by atoms with E-state index >= 15 is 0 Å². The van der Waals surface area contributed by atoms with E-state index in [0.717, 1.165) is 73.7 Å². The highest BCUT2D eigenvalue weighted by Crippen LogP contribution is 2.36. The average Bonchev–Trinajstić information content (AvgIpc) is 3.97. The molecule has 0 saturated heterocycles. The van der Waals surface area contributed by atoms with E-state index in [9.17, 15) is 28.8 Å². The number of terminal acetylenes is 1. The molecule has 5 aromatic rings. The van der Waals surface area contributed by atoms with E-state index < -0.39 is 41.6 Å². The second-order valence-corrected chi connectivity index (χ2v) is 20.7. The minimum Gasteiger partial charge on any atom is -0.494 e. The topological polar surface area (TPSA) is 205 Å². The molecule has 2 saturated carbocycles. The molecule has 1 heterocycles. The van der Waals surface area contributed by atoms with Crippen LogP contribution in [0.4, 0.5) is 5.13 Å². The van der Waals surface area contributed by atoms with Gasteiger partial charge in [0.2, 0.25) is 5.13 Å². The third-order valence-electron chi connectivity index (χ3n) is 13.8. The van der Waals surface area contributed by atoms with Gasteiger partial charge >= 0.3 is 35.8 Å². The summed E-state index contributed by atoms with van der Waals surface area (Å²) in [6.45, 7) is 8.64. The van der Waals surface area contributed by atoms with Gasteiger partial charge in [-0.05, 0) is 182 Å². The van der Waals surface area contributed by atoms with E-state index in [1.54, 1.807) is 71.7 Å². The van der Waals surface area contributed by atoms with Crippen molar-refractivity contribution >= 4 is 68.7 Å². The average molecular weight is 1120 g/mol. The second kappa shape index (κ2) is 32.1. The minimum absolute atomic E-state index is 0.0897. The molecule has 426 valence electrons. The van der Waals surface area contributed by atoms with Crippen molar-refractivity contribution in [3.8, 4) is 46.8 Å². The van der Waals surface area contributed by atoms with Crippen molar-refractivity contribution in [3.63, 3.8) is 0 Å². The van der Waals surface area contributed by atoms with Gasteiger partial charge in [0.1, 0.15) is 41.0 Å². The van der Waals surface area contributed by atoms with Crippen LogP contribution in [-0.4, -0.2) is 80.0 Å². The largest absolute Gasteiger partial charge is 0.494 e. The molecule has 0 atom stereocenters. The summed E-state index contributed by atoms with van der Waals surface area (Å²) in [5, 5.41) is 6.80. The van der Waals surface area contributed by atoms with E-state index in [0.29, 0.717) is 111 Å². The van der Waals surface area contributed by atoms with Crippen molar-refractivity contribution in [1.82, 2.24) is 4.98 Å². The van der Waals surface area contributed by atoms with Crippen LogP contribution >= 0.6 is 11.3 Å². The van der Waals surface area contributed by atoms with Crippen LogP contribution in [0.15, 0.2) is 121 Å². The molecule has 4 aromatic carbocycles. The number of aromatic nitrogens is 1. The molecule has 81 heavy (non-hydrogen) atoms. The van der Waals surface area contributed by atoms with E-state index in [1.165, 1.54) is 17.6 Å². The molecule has 1 aromatic heterocycles. The zero-order valence-corrected chi connectivity index (χ0v) is 46.3. The summed E-state index contributed by atoms with van der Waals surface area (Å²) in [6, 6.07) is 26.1. The number of esters is 6. The highest BCUT2D eigenvalue weighted by Gasteiger charge is 2.34. The van der Waals surface area contributed by atoms with Gasteiger partial charge in [0.25, 0.3) is 0 Å². The predicted octanol–water partition coefficient (Wildman–Crippen LogP) is 11.7. The number of unbranched alkanes of at least 4 members (excludes halogenated alkanes) is 6. The Morgan fingerprint density at radius 3 is 1.43 bits per heavy atom. The highest BCUT2D eigenvalue weighted by atomic mass is 32.1. The van der Waals surface area contributed by atoms with Gasteiger partial charge in [0, 0.05) is 17.7 Å². The summed E-state index contributed by atoms with van der Waals surface area (Å²) in [6.07, 6.45) is 19.9. The molecule has 18 heteroatoms. The summed E-state index contributed by atoms with van der Waals surface area (Å²) in [7, 11) is 0. The lowest BCUT2D eigenvalue weighted by Gasteiger charge is -2.26. The Morgan fingerprint density at radius 2 is 0.975 bits per heavy atom. The lowest BCUT2D eigenvalue weighted by molar-refractivity contribution is -0.145. The van der Waals surface area contributed by atoms with Gasteiger partial charge in [0.15, 0.2) is 0 Å². The van der Waals surface area contributed by atoms with Gasteiger partial charge in [-0.15, -0.1) is 6.42 Å². The number of carbonyl (C=O) groups excluding carboxylic acids is 6.